The van der Waals surface area contributed by atoms with E-state index in [-0.39, 0.29) is 0 Å². The van der Waals surface area contributed by atoms with Crippen LogP contribution in [-0.2, 0) is 0 Å². The minimum atomic E-state index is -1.37. The summed E-state index contributed by atoms with van der Waals surface area (Å²) in [5.41, 5.74) is 4.94. The molecule has 1 atom stereocenters. The van der Waals surface area contributed by atoms with Crippen molar-refractivity contribution in [3.05, 3.63) is 0 Å². The second-order valence-corrected chi connectivity index (χ2v) is 1.27. The van der Waals surface area contributed by atoms with Crippen LogP contribution in [0.2, 0.25) is 0 Å². The first-order valence-electron chi connectivity index (χ1n) is 1.76. The topological polar surface area (TPSA) is 66.5 Å². The van der Waals surface area contributed by atoms with Gasteiger partial charge in [0.1, 0.15) is 0 Å². The summed E-state index contributed by atoms with van der Waals surface area (Å²) in [5, 5.41) is 16.1. The molecule has 0 aromatic carbocycles. The van der Waals surface area contributed by atoms with E-state index in [0.717, 1.165) is 0 Å². The van der Waals surface area contributed by atoms with Crippen LogP contribution in [0.3, 0.4) is 0 Å². The van der Waals surface area contributed by atoms with Crippen LogP contribution in [0.1, 0.15) is 6.92 Å². The number of aliphatic hydroxyl groups excluding tert-OH is 1. The van der Waals surface area contributed by atoms with Crippen molar-refractivity contribution in [1.82, 2.24) is 0 Å². The molecule has 0 aromatic heterocycles. The summed E-state index contributed by atoms with van der Waals surface area (Å²) in [6.45, 7) is 1.52. The van der Waals surface area contributed by atoms with Crippen LogP contribution in [0.5, 0.6) is 0 Å². The van der Waals surface area contributed by atoms with Gasteiger partial charge in [-0.2, -0.15) is 0 Å². The Morgan fingerprint density at radius 3 is 1.67 bits per heavy atom. The van der Waals surface area contributed by atoms with Crippen LogP contribution in [0.15, 0.2) is 0 Å². The van der Waals surface area contributed by atoms with Crippen LogP contribution in [-0.4, -0.2) is 22.5 Å². The van der Waals surface area contributed by atoms with Gasteiger partial charge in [-0.25, -0.2) is 0 Å². The molecule has 38 valence electrons. The largest absolute Gasteiger partial charge is 0.367 e. The highest BCUT2D eigenvalue weighted by Gasteiger charge is 2.00. The number of hydrogen-bond donors (Lipinski definition) is 3. The molecule has 0 aliphatic rings. The van der Waals surface area contributed by atoms with Crippen molar-refractivity contribution in [2.45, 2.75) is 19.3 Å². The number of hydrogen-bond acceptors (Lipinski definition) is 3. The predicted molar refractivity (Wildman–Crippen MR) is 21.9 cm³/mol. The fourth-order valence-corrected chi connectivity index (χ4v) is 0. The van der Waals surface area contributed by atoms with Crippen LogP contribution >= 0.6 is 0 Å². The molecule has 0 heterocycles. The van der Waals surface area contributed by atoms with Crippen molar-refractivity contribution < 1.29 is 10.2 Å². The van der Waals surface area contributed by atoms with Gasteiger partial charge in [0.2, 0.25) is 0 Å². The van der Waals surface area contributed by atoms with E-state index in [1.807, 2.05) is 0 Å². The standard InChI is InChI=1S/C3H9NO2/c1-2(4)3(5)6/h2-3,5-6H,4H2,1H3/t2-/m0/s1. The lowest BCUT2D eigenvalue weighted by Gasteiger charge is -2.03. The van der Waals surface area contributed by atoms with Gasteiger partial charge in [0, 0.05) is 0 Å². The normalized spacial score (nSPS) is 15.5. The smallest absolute Gasteiger partial charge is 0.166 e. The minimum absolute atomic E-state index is 0.537. The Kier molecular flexibility index (Phi) is 2.08. The lowest BCUT2D eigenvalue weighted by molar-refractivity contribution is -0.0538. The molecule has 0 bridgehead atoms. The Morgan fingerprint density at radius 2 is 1.67 bits per heavy atom. The summed E-state index contributed by atoms with van der Waals surface area (Å²) in [7, 11) is 0. The second-order valence-electron chi connectivity index (χ2n) is 1.27. The Labute approximate surface area is 36.4 Å². The average Bonchev–Trinajstić information content (AvgIpc) is 1.36. The van der Waals surface area contributed by atoms with Gasteiger partial charge in [-0.05, 0) is 6.92 Å². The number of nitrogens with two attached hydrogens (primary N) is 1. The molecular formula is C3H9NO2. The summed E-state index contributed by atoms with van der Waals surface area (Å²) in [4.78, 5) is 0. The van der Waals surface area contributed by atoms with Crippen molar-refractivity contribution >= 4 is 0 Å². The summed E-state index contributed by atoms with van der Waals surface area (Å²) >= 11 is 0. The Bertz CT molecular complexity index is 29.8. The second kappa shape index (κ2) is 2.12. The van der Waals surface area contributed by atoms with E-state index in [1.54, 1.807) is 0 Å². The van der Waals surface area contributed by atoms with Crippen molar-refractivity contribution in [2.75, 3.05) is 0 Å². The fraction of sp³-hybridized carbons (Fsp3) is 1.00. The molecule has 0 amide bonds. The maximum atomic E-state index is 8.06. The third-order valence-electron chi connectivity index (χ3n) is 0.470. The predicted octanol–water partition coefficient (Wildman–Crippen LogP) is -1.36. The van der Waals surface area contributed by atoms with E-state index in [2.05, 4.69) is 0 Å². The molecule has 0 fully saturated rings. The van der Waals surface area contributed by atoms with Crippen molar-refractivity contribution in [3.63, 3.8) is 0 Å². The van der Waals surface area contributed by atoms with Crippen molar-refractivity contribution in [3.8, 4) is 0 Å². The van der Waals surface area contributed by atoms with E-state index in [9.17, 15) is 0 Å². The van der Waals surface area contributed by atoms with Gasteiger partial charge in [0.05, 0.1) is 6.04 Å². The Morgan fingerprint density at radius 1 is 1.50 bits per heavy atom. The van der Waals surface area contributed by atoms with Gasteiger partial charge in [-0.3, -0.25) is 0 Å². The number of rotatable bonds is 1. The van der Waals surface area contributed by atoms with Gasteiger partial charge in [0.15, 0.2) is 6.29 Å². The summed E-state index contributed by atoms with van der Waals surface area (Å²) in [5.74, 6) is 0. The average molecular weight is 91.1 g/mol. The maximum Gasteiger partial charge on any atom is 0.166 e. The van der Waals surface area contributed by atoms with Gasteiger partial charge < -0.3 is 15.9 Å². The van der Waals surface area contributed by atoms with E-state index >= 15 is 0 Å². The van der Waals surface area contributed by atoms with E-state index in [0.29, 0.717) is 0 Å². The minimum Gasteiger partial charge on any atom is -0.367 e. The molecule has 4 N–H and O–H groups in total. The van der Waals surface area contributed by atoms with Gasteiger partial charge in [-0.15, -0.1) is 0 Å². The molecule has 3 heteroatoms. The molecule has 0 aliphatic heterocycles. The molecule has 3 nitrogen and oxygen atoms in total. The lowest BCUT2D eigenvalue weighted by atomic mass is 10.4. The number of aliphatic hydroxyl groups is 2. The first-order valence-corrected chi connectivity index (χ1v) is 1.76. The summed E-state index contributed by atoms with van der Waals surface area (Å²) < 4.78 is 0. The third kappa shape index (κ3) is 2.14. The molecule has 0 saturated heterocycles. The third-order valence-corrected chi connectivity index (χ3v) is 0.470. The van der Waals surface area contributed by atoms with Crippen molar-refractivity contribution in [1.29, 1.82) is 0 Å². The molecule has 0 radical (unpaired) electrons. The SMILES string of the molecule is C[C@H](N)C(O)O. The monoisotopic (exact) mass is 91.1 g/mol. The van der Waals surface area contributed by atoms with Crippen LogP contribution in [0.4, 0.5) is 0 Å². The zero-order valence-corrected chi connectivity index (χ0v) is 3.63. The van der Waals surface area contributed by atoms with E-state index in [1.165, 1.54) is 6.92 Å². The van der Waals surface area contributed by atoms with Crippen molar-refractivity contribution in [2.24, 2.45) is 5.73 Å². The highest BCUT2D eigenvalue weighted by molar-refractivity contribution is 4.50. The highest BCUT2D eigenvalue weighted by Crippen LogP contribution is 1.77. The van der Waals surface area contributed by atoms with E-state index in [4.69, 9.17) is 15.9 Å². The first-order chi connectivity index (χ1) is 2.64. The first kappa shape index (κ1) is 5.88. The molecule has 0 aliphatic carbocycles. The van der Waals surface area contributed by atoms with Crippen LogP contribution < -0.4 is 5.73 Å². The molecule has 0 spiro atoms. The maximum absolute atomic E-state index is 8.06. The fourth-order valence-electron chi connectivity index (χ4n) is 0. The Hall–Kier alpha value is -0.120. The quantitative estimate of drug-likeness (QED) is 0.349. The van der Waals surface area contributed by atoms with Gasteiger partial charge >= 0.3 is 0 Å². The molecule has 0 saturated carbocycles. The molecule has 0 unspecified atom stereocenters. The van der Waals surface area contributed by atoms with E-state index < -0.39 is 12.3 Å². The molecule has 0 aromatic rings. The molecular weight excluding hydrogens is 82.0 g/mol. The zero-order chi connectivity index (χ0) is 5.15. The summed E-state index contributed by atoms with van der Waals surface area (Å²) in [6.07, 6.45) is -1.37. The summed E-state index contributed by atoms with van der Waals surface area (Å²) in [6, 6.07) is -0.537. The lowest BCUT2D eigenvalue weighted by Crippen LogP contribution is -2.30. The van der Waals surface area contributed by atoms with Gasteiger partial charge in [-0.1, -0.05) is 0 Å². The van der Waals surface area contributed by atoms with Crippen LogP contribution in [0, 0.1) is 0 Å². The molecule has 6 heavy (non-hydrogen) atoms. The van der Waals surface area contributed by atoms with Gasteiger partial charge in [0.25, 0.3) is 0 Å². The van der Waals surface area contributed by atoms with Crippen LogP contribution in [0.25, 0.3) is 0 Å². The molecule has 0 rings (SSSR count). The zero-order valence-electron chi connectivity index (χ0n) is 3.63. The highest BCUT2D eigenvalue weighted by atomic mass is 16.5. The Balaban J connectivity index is 2.99.